The standard InChI is InChI=1S/C8H9F3N2O2/c1-7(2,6(14)15)13-4-5(3-12-13)8(9,10)11/h3-4H,1-2H3,(H,14,15). The number of aliphatic carboxylic acids is 1. The van der Waals surface area contributed by atoms with E-state index >= 15 is 0 Å². The van der Waals surface area contributed by atoms with E-state index in [1.807, 2.05) is 0 Å². The van der Waals surface area contributed by atoms with Crippen LogP contribution in [0.3, 0.4) is 0 Å². The Bertz CT molecular complexity index is 381. The second-order valence-corrected chi connectivity index (χ2v) is 3.54. The maximum Gasteiger partial charge on any atom is 0.419 e. The van der Waals surface area contributed by atoms with E-state index in [-0.39, 0.29) is 0 Å². The van der Waals surface area contributed by atoms with Gasteiger partial charge in [0.25, 0.3) is 0 Å². The van der Waals surface area contributed by atoms with Gasteiger partial charge in [-0.3, -0.25) is 4.68 Å². The van der Waals surface area contributed by atoms with Crippen LogP contribution in [0.25, 0.3) is 0 Å². The largest absolute Gasteiger partial charge is 0.479 e. The Hall–Kier alpha value is -1.53. The molecule has 0 saturated carbocycles. The van der Waals surface area contributed by atoms with Gasteiger partial charge in [-0.15, -0.1) is 0 Å². The highest BCUT2D eigenvalue weighted by Crippen LogP contribution is 2.29. The number of hydrogen-bond acceptors (Lipinski definition) is 2. The predicted octanol–water partition coefficient (Wildman–Crippen LogP) is 1.72. The number of aromatic nitrogens is 2. The minimum atomic E-state index is -4.51. The predicted molar refractivity (Wildman–Crippen MR) is 44.2 cm³/mol. The summed E-state index contributed by atoms with van der Waals surface area (Å²) < 4.78 is 37.3. The van der Waals surface area contributed by atoms with Crippen LogP contribution in [0.4, 0.5) is 13.2 Å². The minimum Gasteiger partial charge on any atom is -0.479 e. The highest BCUT2D eigenvalue weighted by atomic mass is 19.4. The zero-order valence-corrected chi connectivity index (χ0v) is 8.04. The van der Waals surface area contributed by atoms with Gasteiger partial charge in [-0.1, -0.05) is 0 Å². The molecule has 0 saturated heterocycles. The molecule has 0 aliphatic heterocycles. The van der Waals surface area contributed by atoms with Gasteiger partial charge in [-0.25, -0.2) is 4.79 Å². The SMILES string of the molecule is CC(C)(C(=O)O)n1cc(C(F)(F)F)cn1. The second-order valence-electron chi connectivity index (χ2n) is 3.54. The Kier molecular flexibility index (Phi) is 2.50. The Morgan fingerprint density at radius 3 is 2.33 bits per heavy atom. The van der Waals surface area contributed by atoms with Crippen LogP contribution in [-0.2, 0) is 16.5 Å². The van der Waals surface area contributed by atoms with Crippen LogP contribution in [-0.4, -0.2) is 20.9 Å². The molecule has 7 heteroatoms. The van der Waals surface area contributed by atoms with Gasteiger partial charge in [0.1, 0.15) is 0 Å². The molecule has 4 nitrogen and oxygen atoms in total. The molecule has 1 aromatic heterocycles. The third-order valence-corrected chi connectivity index (χ3v) is 2.01. The first-order valence-corrected chi connectivity index (χ1v) is 4.01. The molecule has 1 N–H and O–H groups in total. The van der Waals surface area contributed by atoms with Crippen molar-refractivity contribution < 1.29 is 23.1 Å². The van der Waals surface area contributed by atoms with Gasteiger partial charge in [0, 0.05) is 6.20 Å². The van der Waals surface area contributed by atoms with Gasteiger partial charge in [-0.05, 0) is 13.8 Å². The summed E-state index contributed by atoms with van der Waals surface area (Å²) in [4.78, 5) is 10.7. The van der Waals surface area contributed by atoms with E-state index in [9.17, 15) is 18.0 Å². The molecule has 0 atom stereocenters. The van der Waals surface area contributed by atoms with Crippen molar-refractivity contribution in [3.05, 3.63) is 18.0 Å². The van der Waals surface area contributed by atoms with Gasteiger partial charge in [0.05, 0.1) is 11.8 Å². The average Bonchev–Trinajstić information content (AvgIpc) is 2.50. The third-order valence-electron chi connectivity index (χ3n) is 2.01. The van der Waals surface area contributed by atoms with Gasteiger partial charge >= 0.3 is 12.1 Å². The summed E-state index contributed by atoms with van der Waals surface area (Å²) >= 11 is 0. The smallest absolute Gasteiger partial charge is 0.419 e. The van der Waals surface area contributed by atoms with Gasteiger partial charge in [0.2, 0.25) is 0 Å². The van der Waals surface area contributed by atoms with Crippen LogP contribution in [0, 0.1) is 0 Å². The van der Waals surface area contributed by atoms with Crippen molar-refractivity contribution in [3.8, 4) is 0 Å². The van der Waals surface area contributed by atoms with Crippen molar-refractivity contribution in [2.75, 3.05) is 0 Å². The lowest BCUT2D eigenvalue weighted by Gasteiger charge is -2.19. The number of carboxylic acid groups (broad SMARTS) is 1. The Morgan fingerprint density at radius 1 is 1.47 bits per heavy atom. The van der Waals surface area contributed by atoms with Crippen molar-refractivity contribution in [2.45, 2.75) is 25.6 Å². The van der Waals surface area contributed by atoms with Crippen LogP contribution < -0.4 is 0 Å². The molecule has 0 spiro atoms. The van der Waals surface area contributed by atoms with Crippen molar-refractivity contribution in [1.29, 1.82) is 0 Å². The van der Waals surface area contributed by atoms with Crippen molar-refractivity contribution in [1.82, 2.24) is 9.78 Å². The molecule has 0 unspecified atom stereocenters. The molecule has 84 valence electrons. The molecular weight excluding hydrogens is 213 g/mol. The number of carboxylic acids is 1. The molecule has 1 aromatic rings. The summed E-state index contributed by atoms with van der Waals surface area (Å²) in [6.07, 6.45) is -3.23. The first kappa shape index (κ1) is 11.5. The van der Waals surface area contributed by atoms with Gasteiger partial charge in [0.15, 0.2) is 5.54 Å². The molecular formula is C8H9F3N2O2. The van der Waals surface area contributed by atoms with Crippen LogP contribution in [0.1, 0.15) is 19.4 Å². The molecule has 15 heavy (non-hydrogen) atoms. The van der Waals surface area contributed by atoms with E-state index in [2.05, 4.69) is 5.10 Å². The fourth-order valence-corrected chi connectivity index (χ4v) is 0.873. The van der Waals surface area contributed by atoms with E-state index in [1.165, 1.54) is 13.8 Å². The highest BCUT2D eigenvalue weighted by molar-refractivity contribution is 5.75. The minimum absolute atomic E-state index is 0.602. The second kappa shape index (κ2) is 3.25. The van der Waals surface area contributed by atoms with Crippen molar-refractivity contribution >= 4 is 5.97 Å². The maximum absolute atomic E-state index is 12.2. The lowest BCUT2D eigenvalue weighted by molar-refractivity contribution is -0.146. The van der Waals surface area contributed by atoms with Crippen LogP contribution >= 0.6 is 0 Å². The molecule has 0 bridgehead atoms. The highest BCUT2D eigenvalue weighted by Gasteiger charge is 2.36. The quantitative estimate of drug-likeness (QED) is 0.828. The summed E-state index contributed by atoms with van der Waals surface area (Å²) in [6.45, 7) is 2.53. The van der Waals surface area contributed by atoms with Crippen molar-refractivity contribution in [3.63, 3.8) is 0 Å². The van der Waals surface area contributed by atoms with Crippen LogP contribution in [0.2, 0.25) is 0 Å². The molecule has 0 aliphatic rings. The first-order valence-electron chi connectivity index (χ1n) is 4.01. The number of hydrogen-bond donors (Lipinski definition) is 1. The number of rotatable bonds is 2. The van der Waals surface area contributed by atoms with Gasteiger partial charge < -0.3 is 5.11 Å². The molecule has 0 radical (unpaired) electrons. The van der Waals surface area contributed by atoms with Crippen LogP contribution in [0.5, 0.6) is 0 Å². The fourth-order valence-electron chi connectivity index (χ4n) is 0.873. The fraction of sp³-hybridized carbons (Fsp3) is 0.500. The van der Waals surface area contributed by atoms with Crippen LogP contribution in [0.15, 0.2) is 12.4 Å². The summed E-state index contributed by atoms with van der Waals surface area (Å²) in [5.74, 6) is -1.25. The van der Waals surface area contributed by atoms with E-state index < -0.39 is 23.2 Å². The Balaban J connectivity index is 3.10. The van der Waals surface area contributed by atoms with Crippen molar-refractivity contribution in [2.24, 2.45) is 0 Å². The maximum atomic E-state index is 12.2. The zero-order valence-electron chi connectivity index (χ0n) is 8.04. The zero-order chi connectivity index (χ0) is 11.9. The summed E-state index contributed by atoms with van der Waals surface area (Å²) in [5.41, 5.74) is -2.46. The molecule has 0 aliphatic carbocycles. The Morgan fingerprint density at radius 2 is 2.00 bits per heavy atom. The van der Waals surface area contributed by atoms with E-state index in [4.69, 9.17) is 5.11 Å². The first-order chi connectivity index (χ1) is 6.65. The number of nitrogens with zero attached hydrogens (tertiary/aromatic N) is 2. The average molecular weight is 222 g/mol. The molecule has 0 fully saturated rings. The monoisotopic (exact) mass is 222 g/mol. The van der Waals surface area contributed by atoms with E-state index in [0.29, 0.717) is 12.4 Å². The number of carbonyl (C=O) groups is 1. The summed E-state index contributed by atoms with van der Waals surface area (Å²) in [5, 5.41) is 12.2. The molecule has 1 heterocycles. The lowest BCUT2D eigenvalue weighted by Crippen LogP contribution is -2.36. The Labute approximate surface area is 83.3 Å². The number of alkyl halides is 3. The van der Waals surface area contributed by atoms with E-state index in [1.54, 1.807) is 0 Å². The van der Waals surface area contributed by atoms with Gasteiger partial charge in [-0.2, -0.15) is 18.3 Å². The normalized spacial score (nSPS) is 12.9. The molecule has 1 rings (SSSR count). The third kappa shape index (κ3) is 2.11. The number of halogens is 3. The summed E-state index contributed by atoms with van der Waals surface area (Å²) in [7, 11) is 0. The van der Waals surface area contributed by atoms with E-state index in [0.717, 1.165) is 4.68 Å². The summed E-state index contributed by atoms with van der Waals surface area (Å²) in [6, 6.07) is 0. The topological polar surface area (TPSA) is 55.1 Å². The molecule has 0 amide bonds. The molecule has 0 aromatic carbocycles. The lowest BCUT2D eigenvalue weighted by atomic mass is 10.1.